The lowest BCUT2D eigenvalue weighted by atomic mass is 10.0. The summed E-state index contributed by atoms with van der Waals surface area (Å²) in [5.74, 6) is 0.909. The summed E-state index contributed by atoms with van der Waals surface area (Å²) in [6.45, 7) is 7.03. The molecule has 3 nitrogen and oxygen atoms in total. The molecule has 2 N–H and O–H groups in total. The van der Waals surface area contributed by atoms with Crippen LogP contribution in [0.2, 0.25) is 0 Å². The van der Waals surface area contributed by atoms with Gasteiger partial charge in [-0.05, 0) is 57.2 Å². The standard InChI is InChI=1S/C17H27NO2/c1-4-14(18)11-13-5-7-15(8-6-13)19-12-16-9-10-17(2,3)20-16/h5-8,14,16H,4,9-12,18H2,1-3H3. The van der Waals surface area contributed by atoms with Crippen LogP contribution in [0.1, 0.15) is 45.6 Å². The van der Waals surface area contributed by atoms with Crippen molar-refractivity contribution in [3.8, 4) is 5.75 Å². The fourth-order valence-electron chi connectivity index (χ4n) is 2.55. The van der Waals surface area contributed by atoms with E-state index in [9.17, 15) is 0 Å². The zero-order valence-corrected chi connectivity index (χ0v) is 12.9. The summed E-state index contributed by atoms with van der Waals surface area (Å²) in [6, 6.07) is 8.50. The number of ether oxygens (including phenoxy) is 2. The van der Waals surface area contributed by atoms with Gasteiger partial charge in [0.05, 0.1) is 11.7 Å². The third kappa shape index (κ3) is 4.50. The van der Waals surface area contributed by atoms with Gasteiger partial charge in [0, 0.05) is 6.04 Å². The Morgan fingerprint density at radius 3 is 2.60 bits per heavy atom. The first-order chi connectivity index (χ1) is 9.48. The van der Waals surface area contributed by atoms with E-state index in [4.69, 9.17) is 15.2 Å². The first-order valence-corrected chi connectivity index (χ1v) is 7.63. The van der Waals surface area contributed by atoms with Gasteiger partial charge in [0.25, 0.3) is 0 Å². The summed E-state index contributed by atoms with van der Waals surface area (Å²) in [6.07, 6.45) is 4.34. The summed E-state index contributed by atoms with van der Waals surface area (Å²) >= 11 is 0. The van der Waals surface area contributed by atoms with Crippen molar-refractivity contribution in [2.24, 2.45) is 5.73 Å². The average Bonchev–Trinajstić information content (AvgIpc) is 2.77. The molecule has 0 aromatic heterocycles. The Hall–Kier alpha value is -1.06. The van der Waals surface area contributed by atoms with Gasteiger partial charge in [-0.2, -0.15) is 0 Å². The molecule has 0 spiro atoms. The summed E-state index contributed by atoms with van der Waals surface area (Å²) < 4.78 is 11.7. The highest BCUT2D eigenvalue weighted by molar-refractivity contribution is 5.27. The second-order valence-corrected chi connectivity index (χ2v) is 6.37. The van der Waals surface area contributed by atoms with Gasteiger partial charge < -0.3 is 15.2 Å². The lowest BCUT2D eigenvalue weighted by molar-refractivity contribution is -0.0326. The highest BCUT2D eigenvalue weighted by Crippen LogP contribution is 2.29. The van der Waals surface area contributed by atoms with Crippen molar-refractivity contribution in [2.75, 3.05) is 6.61 Å². The number of rotatable bonds is 6. The van der Waals surface area contributed by atoms with Crippen molar-refractivity contribution >= 4 is 0 Å². The molecule has 2 rings (SSSR count). The van der Waals surface area contributed by atoms with E-state index in [-0.39, 0.29) is 17.7 Å². The van der Waals surface area contributed by atoms with Gasteiger partial charge in [-0.15, -0.1) is 0 Å². The number of nitrogens with two attached hydrogens (primary N) is 1. The van der Waals surface area contributed by atoms with Crippen molar-refractivity contribution in [2.45, 2.75) is 64.2 Å². The molecule has 20 heavy (non-hydrogen) atoms. The number of hydrogen-bond acceptors (Lipinski definition) is 3. The van der Waals surface area contributed by atoms with Crippen LogP contribution in [0.3, 0.4) is 0 Å². The van der Waals surface area contributed by atoms with Gasteiger partial charge >= 0.3 is 0 Å². The molecule has 112 valence electrons. The molecule has 2 atom stereocenters. The van der Waals surface area contributed by atoms with Gasteiger partial charge in [0.15, 0.2) is 0 Å². The first-order valence-electron chi connectivity index (χ1n) is 7.63. The molecule has 1 aliphatic heterocycles. The molecule has 1 heterocycles. The van der Waals surface area contributed by atoms with Gasteiger partial charge in [0.1, 0.15) is 12.4 Å². The lowest BCUT2D eigenvalue weighted by Crippen LogP contribution is -2.24. The first kappa shape index (κ1) is 15.3. The summed E-state index contributed by atoms with van der Waals surface area (Å²) in [5, 5.41) is 0. The highest BCUT2D eigenvalue weighted by Gasteiger charge is 2.31. The predicted octanol–water partition coefficient (Wildman–Crippen LogP) is 3.30. The number of hydrogen-bond donors (Lipinski definition) is 1. The molecule has 1 saturated heterocycles. The normalized spacial score (nSPS) is 22.7. The van der Waals surface area contributed by atoms with Crippen molar-refractivity contribution in [3.63, 3.8) is 0 Å². The van der Waals surface area contributed by atoms with E-state index >= 15 is 0 Å². The minimum absolute atomic E-state index is 0.00811. The van der Waals surface area contributed by atoms with Crippen LogP contribution in [-0.4, -0.2) is 24.4 Å². The SMILES string of the molecule is CCC(N)Cc1ccc(OCC2CCC(C)(C)O2)cc1. The Balaban J connectivity index is 1.79. The minimum atomic E-state index is 0.00811. The van der Waals surface area contributed by atoms with Crippen LogP contribution in [-0.2, 0) is 11.2 Å². The third-order valence-corrected chi connectivity index (χ3v) is 3.94. The maximum absolute atomic E-state index is 5.96. The van der Waals surface area contributed by atoms with Crippen molar-refractivity contribution < 1.29 is 9.47 Å². The monoisotopic (exact) mass is 277 g/mol. The van der Waals surface area contributed by atoms with Gasteiger partial charge in [-0.1, -0.05) is 19.1 Å². The molecule has 3 heteroatoms. The summed E-state index contributed by atoms with van der Waals surface area (Å²) in [7, 11) is 0. The fraction of sp³-hybridized carbons (Fsp3) is 0.647. The average molecular weight is 277 g/mol. The van der Waals surface area contributed by atoms with E-state index in [2.05, 4.69) is 32.9 Å². The Morgan fingerprint density at radius 1 is 1.35 bits per heavy atom. The van der Waals surface area contributed by atoms with Crippen LogP contribution >= 0.6 is 0 Å². The molecule has 0 amide bonds. The second-order valence-electron chi connectivity index (χ2n) is 6.37. The smallest absolute Gasteiger partial charge is 0.119 e. The van der Waals surface area contributed by atoms with Crippen LogP contribution in [0.4, 0.5) is 0 Å². The molecule has 0 radical (unpaired) electrons. The zero-order valence-electron chi connectivity index (χ0n) is 12.9. The van der Waals surface area contributed by atoms with E-state index in [0.29, 0.717) is 6.61 Å². The maximum Gasteiger partial charge on any atom is 0.119 e. The zero-order chi connectivity index (χ0) is 14.6. The van der Waals surface area contributed by atoms with Crippen molar-refractivity contribution in [1.82, 2.24) is 0 Å². The topological polar surface area (TPSA) is 44.5 Å². The molecule has 0 aliphatic carbocycles. The minimum Gasteiger partial charge on any atom is -0.491 e. The molecule has 1 aliphatic rings. The molecule has 0 bridgehead atoms. The largest absolute Gasteiger partial charge is 0.491 e. The molecule has 1 fully saturated rings. The second kappa shape index (κ2) is 6.59. The van der Waals surface area contributed by atoms with Crippen LogP contribution in [0, 0.1) is 0 Å². The predicted molar refractivity (Wildman–Crippen MR) is 82.1 cm³/mol. The summed E-state index contributed by atoms with van der Waals surface area (Å²) in [5.41, 5.74) is 7.24. The molecular weight excluding hydrogens is 250 g/mol. The van der Waals surface area contributed by atoms with Gasteiger partial charge in [0.2, 0.25) is 0 Å². The van der Waals surface area contributed by atoms with Gasteiger partial charge in [-0.3, -0.25) is 0 Å². The van der Waals surface area contributed by atoms with Crippen LogP contribution in [0.15, 0.2) is 24.3 Å². The van der Waals surface area contributed by atoms with E-state index in [1.165, 1.54) is 5.56 Å². The Morgan fingerprint density at radius 2 is 2.05 bits per heavy atom. The third-order valence-electron chi connectivity index (χ3n) is 3.94. The Labute approximate surface area is 122 Å². The molecule has 0 saturated carbocycles. The fourth-order valence-corrected chi connectivity index (χ4v) is 2.55. The van der Waals surface area contributed by atoms with Crippen LogP contribution in [0.5, 0.6) is 5.75 Å². The molecular formula is C17H27NO2. The lowest BCUT2D eigenvalue weighted by Gasteiger charge is -2.19. The summed E-state index contributed by atoms with van der Waals surface area (Å²) in [4.78, 5) is 0. The highest BCUT2D eigenvalue weighted by atomic mass is 16.6. The van der Waals surface area contributed by atoms with E-state index in [1.807, 2.05) is 12.1 Å². The van der Waals surface area contributed by atoms with Crippen LogP contribution < -0.4 is 10.5 Å². The van der Waals surface area contributed by atoms with Gasteiger partial charge in [-0.25, -0.2) is 0 Å². The molecule has 2 unspecified atom stereocenters. The Kier molecular flexibility index (Phi) is 5.06. The van der Waals surface area contributed by atoms with Crippen LogP contribution in [0.25, 0.3) is 0 Å². The van der Waals surface area contributed by atoms with E-state index in [0.717, 1.165) is 31.4 Å². The molecule has 1 aromatic rings. The molecule has 1 aromatic carbocycles. The number of benzene rings is 1. The quantitative estimate of drug-likeness (QED) is 0.867. The maximum atomic E-state index is 5.96. The van der Waals surface area contributed by atoms with E-state index < -0.39 is 0 Å². The Bertz CT molecular complexity index is 414. The van der Waals surface area contributed by atoms with E-state index in [1.54, 1.807) is 0 Å². The van der Waals surface area contributed by atoms with Crippen molar-refractivity contribution in [1.29, 1.82) is 0 Å². The van der Waals surface area contributed by atoms with Crippen molar-refractivity contribution in [3.05, 3.63) is 29.8 Å².